The molecule has 0 radical (unpaired) electrons. The third-order valence-corrected chi connectivity index (χ3v) is 6.26. The molecule has 0 spiro atoms. The van der Waals surface area contributed by atoms with E-state index in [1.165, 1.54) is 12.8 Å². The van der Waals surface area contributed by atoms with Gasteiger partial charge in [-0.25, -0.2) is 0 Å². The van der Waals surface area contributed by atoms with Crippen molar-refractivity contribution in [1.82, 2.24) is 0 Å². The summed E-state index contributed by atoms with van der Waals surface area (Å²) in [6.07, 6.45) is 7.11. The van der Waals surface area contributed by atoms with Crippen molar-refractivity contribution in [2.45, 2.75) is 60.5 Å². The fourth-order valence-corrected chi connectivity index (χ4v) is 4.40. The minimum absolute atomic E-state index is 0.698. The van der Waals surface area contributed by atoms with Gasteiger partial charge in [0.2, 0.25) is 0 Å². The van der Waals surface area contributed by atoms with Gasteiger partial charge in [0.05, 0.1) is 10.4 Å². The molecule has 0 heterocycles. The number of carboxylic acid groups (broad SMARTS) is 1. The van der Waals surface area contributed by atoms with E-state index in [4.69, 9.17) is 11.6 Å². The molecular weight excluding hydrogens is 292 g/mol. The Morgan fingerprint density at radius 3 is 2.50 bits per heavy atom. The van der Waals surface area contributed by atoms with E-state index in [-0.39, 0.29) is 0 Å². The van der Waals surface area contributed by atoms with Crippen molar-refractivity contribution in [2.75, 3.05) is 0 Å². The van der Waals surface area contributed by atoms with Gasteiger partial charge in [0, 0.05) is 10.1 Å². The van der Waals surface area contributed by atoms with Gasteiger partial charge in [-0.2, -0.15) is 0 Å². The molecule has 1 N–H and O–H groups in total. The van der Waals surface area contributed by atoms with E-state index in [9.17, 15) is 9.90 Å². The quantitative estimate of drug-likeness (QED) is 0.861. The Balaban J connectivity index is 1.90. The Labute approximate surface area is 128 Å². The molecule has 20 heavy (non-hydrogen) atoms. The van der Waals surface area contributed by atoms with E-state index in [2.05, 4.69) is 0 Å². The van der Waals surface area contributed by atoms with Gasteiger partial charge < -0.3 is 5.11 Å². The molecule has 2 fully saturated rings. The molecule has 3 rings (SSSR count). The molecular formula is C16H19ClO2S. The maximum absolute atomic E-state index is 11.8. The first-order valence-corrected chi connectivity index (χ1v) is 8.58. The number of carboxylic acids is 1. The van der Waals surface area contributed by atoms with Crippen LogP contribution in [0.15, 0.2) is 23.1 Å². The monoisotopic (exact) mass is 310 g/mol. The highest BCUT2D eigenvalue weighted by Gasteiger charge is 2.41. The van der Waals surface area contributed by atoms with Gasteiger partial charge >= 0.3 is 5.97 Å². The Morgan fingerprint density at radius 2 is 1.95 bits per heavy atom. The van der Waals surface area contributed by atoms with E-state index in [0.717, 1.165) is 42.6 Å². The van der Waals surface area contributed by atoms with Crippen LogP contribution in [-0.2, 0) is 10.2 Å². The lowest BCUT2D eigenvalue weighted by molar-refractivity contribution is -0.145. The fraction of sp³-hybridized carbons (Fsp3) is 0.562. The molecule has 0 atom stereocenters. The molecule has 2 saturated carbocycles. The van der Waals surface area contributed by atoms with Crippen LogP contribution in [0.25, 0.3) is 0 Å². The van der Waals surface area contributed by atoms with E-state index < -0.39 is 11.4 Å². The molecule has 2 aliphatic carbocycles. The fourth-order valence-electron chi connectivity index (χ4n) is 3.04. The standard InChI is InChI=1S/C16H19ClO2S/c17-13-10-11(4-7-14(13)20-12-5-6-12)16(15(18)19)8-2-1-3-9-16/h4,7,10,12H,1-3,5-6,8-9H2,(H,18,19). The minimum Gasteiger partial charge on any atom is -0.481 e. The lowest BCUT2D eigenvalue weighted by atomic mass is 9.69. The number of benzene rings is 1. The van der Waals surface area contributed by atoms with Gasteiger partial charge in [0.15, 0.2) is 0 Å². The van der Waals surface area contributed by atoms with Crippen LogP contribution in [0.4, 0.5) is 0 Å². The van der Waals surface area contributed by atoms with Crippen LogP contribution in [0.5, 0.6) is 0 Å². The third-order valence-electron chi connectivity index (χ3n) is 4.42. The van der Waals surface area contributed by atoms with Crippen LogP contribution >= 0.6 is 23.4 Å². The third kappa shape index (κ3) is 2.71. The van der Waals surface area contributed by atoms with Crippen LogP contribution in [0.3, 0.4) is 0 Å². The largest absolute Gasteiger partial charge is 0.481 e. The Morgan fingerprint density at radius 1 is 1.25 bits per heavy atom. The zero-order valence-electron chi connectivity index (χ0n) is 11.4. The molecule has 1 aromatic rings. The zero-order chi connectivity index (χ0) is 14.2. The maximum Gasteiger partial charge on any atom is 0.314 e. The van der Waals surface area contributed by atoms with Crippen molar-refractivity contribution in [3.63, 3.8) is 0 Å². The number of hydrogen-bond acceptors (Lipinski definition) is 2. The lowest BCUT2D eigenvalue weighted by Crippen LogP contribution is -2.37. The predicted molar refractivity (Wildman–Crippen MR) is 82.7 cm³/mol. The summed E-state index contributed by atoms with van der Waals surface area (Å²) in [5, 5.41) is 11.1. The molecule has 0 aromatic heterocycles. The summed E-state index contributed by atoms with van der Waals surface area (Å²) in [6, 6.07) is 5.89. The van der Waals surface area contributed by atoms with E-state index in [0.29, 0.717) is 10.3 Å². The second-order valence-electron chi connectivity index (χ2n) is 5.91. The SMILES string of the molecule is O=C(O)C1(c2ccc(SC3CC3)c(Cl)c2)CCCCC1. The summed E-state index contributed by atoms with van der Waals surface area (Å²) in [5.74, 6) is -0.698. The number of hydrogen-bond donors (Lipinski definition) is 1. The predicted octanol–water partition coefficient (Wildman–Crippen LogP) is 4.88. The van der Waals surface area contributed by atoms with Crippen LogP contribution in [-0.4, -0.2) is 16.3 Å². The van der Waals surface area contributed by atoms with Crippen LogP contribution in [0.1, 0.15) is 50.5 Å². The molecule has 0 bridgehead atoms. The summed E-state index contributed by atoms with van der Waals surface area (Å²) in [7, 11) is 0. The van der Waals surface area contributed by atoms with Gasteiger partial charge in [-0.1, -0.05) is 36.9 Å². The average Bonchev–Trinajstić information content (AvgIpc) is 3.25. The number of halogens is 1. The lowest BCUT2D eigenvalue weighted by Gasteiger charge is -2.33. The Bertz CT molecular complexity index is 519. The second kappa shape index (κ2) is 5.61. The summed E-state index contributed by atoms with van der Waals surface area (Å²) in [5.41, 5.74) is 0.167. The Hall–Kier alpha value is -0.670. The summed E-state index contributed by atoms with van der Waals surface area (Å²) < 4.78 is 0. The highest BCUT2D eigenvalue weighted by atomic mass is 35.5. The van der Waals surface area contributed by atoms with Crippen LogP contribution in [0, 0.1) is 0 Å². The molecule has 2 aliphatic rings. The zero-order valence-corrected chi connectivity index (χ0v) is 13.0. The molecule has 4 heteroatoms. The number of carbonyl (C=O) groups is 1. The second-order valence-corrected chi connectivity index (χ2v) is 7.66. The molecule has 2 nitrogen and oxygen atoms in total. The highest BCUT2D eigenvalue weighted by molar-refractivity contribution is 8.00. The molecule has 108 valence electrons. The van der Waals surface area contributed by atoms with Gasteiger partial charge in [-0.3, -0.25) is 4.79 Å². The van der Waals surface area contributed by atoms with Crippen molar-refractivity contribution in [1.29, 1.82) is 0 Å². The topological polar surface area (TPSA) is 37.3 Å². The molecule has 0 unspecified atom stereocenters. The molecule has 0 saturated heterocycles. The smallest absolute Gasteiger partial charge is 0.314 e. The van der Waals surface area contributed by atoms with Gasteiger partial charge in [0.1, 0.15) is 0 Å². The van der Waals surface area contributed by atoms with E-state index in [1.807, 2.05) is 30.0 Å². The van der Waals surface area contributed by atoms with Crippen LogP contribution < -0.4 is 0 Å². The highest BCUT2D eigenvalue weighted by Crippen LogP contribution is 2.45. The molecule has 0 amide bonds. The summed E-state index contributed by atoms with van der Waals surface area (Å²) in [6.45, 7) is 0. The van der Waals surface area contributed by atoms with Crippen molar-refractivity contribution in [3.05, 3.63) is 28.8 Å². The van der Waals surface area contributed by atoms with E-state index >= 15 is 0 Å². The van der Waals surface area contributed by atoms with Gasteiger partial charge in [-0.15, -0.1) is 11.8 Å². The average molecular weight is 311 g/mol. The summed E-state index contributed by atoms with van der Waals surface area (Å²) >= 11 is 8.19. The normalized spacial score (nSPS) is 21.6. The van der Waals surface area contributed by atoms with Gasteiger partial charge in [-0.05, 0) is 43.4 Å². The van der Waals surface area contributed by atoms with Crippen molar-refractivity contribution in [2.24, 2.45) is 0 Å². The summed E-state index contributed by atoms with van der Waals surface area (Å²) in [4.78, 5) is 12.9. The minimum atomic E-state index is -0.718. The van der Waals surface area contributed by atoms with Crippen LogP contribution in [0.2, 0.25) is 5.02 Å². The first-order chi connectivity index (χ1) is 9.62. The number of rotatable bonds is 4. The first kappa shape index (κ1) is 14.3. The van der Waals surface area contributed by atoms with Crippen molar-refractivity contribution < 1.29 is 9.90 Å². The van der Waals surface area contributed by atoms with Crippen molar-refractivity contribution >= 4 is 29.3 Å². The number of aliphatic carboxylic acids is 1. The van der Waals surface area contributed by atoms with E-state index in [1.54, 1.807) is 0 Å². The molecule has 0 aliphatic heterocycles. The molecule has 1 aromatic carbocycles. The maximum atomic E-state index is 11.8. The first-order valence-electron chi connectivity index (χ1n) is 7.32. The number of thioether (sulfide) groups is 1. The van der Waals surface area contributed by atoms with Gasteiger partial charge in [0.25, 0.3) is 0 Å². The van der Waals surface area contributed by atoms with Crippen molar-refractivity contribution in [3.8, 4) is 0 Å². The Kier molecular flexibility index (Phi) is 4.00.